The van der Waals surface area contributed by atoms with Crippen LogP contribution in [0.3, 0.4) is 0 Å². The molecular weight excluding hydrogens is 863 g/mol. The number of aliphatic hydroxyl groups excluding tert-OH is 4. The molecule has 6 nitrogen and oxygen atoms in total. The highest BCUT2D eigenvalue weighted by Gasteiger charge is 2.28. The van der Waals surface area contributed by atoms with Crippen molar-refractivity contribution in [3.63, 3.8) is 0 Å². The quantitative estimate of drug-likeness (QED) is 0.0308. The third kappa shape index (κ3) is 51.4. The molecule has 0 fully saturated rings. The molecule has 4 atom stereocenters. The summed E-state index contributed by atoms with van der Waals surface area (Å²) >= 11 is 0. The van der Waals surface area contributed by atoms with Gasteiger partial charge in [0.2, 0.25) is 5.91 Å². The molecule has 0 heterocycles. The number of allylic oxidation sites excluding steroid dienone is 6. The van der Waals surface area contributed by atoms with E-state index in [0.717, 1.165) is 51.4 Å². The van der Waals surface area contributed by atoms with Crippen LogP contribution in [0.1, 0.15) is 335 Å². The number of hydrogen-bond donors (Lipinski definition) is 5. The van der Waals surface area contributed by atoms with Crippen molar-refractivity contribution in [2.75, 3.05) is 6.61 Å². The van der Waals surface area contributed by atoms with Gasteiger partial charge in [0.1, 0.15) is 12.2 Å². The van der Waals surface area contributed by atoms with E-state index in [4.69, 9.17) is 0 Å². The largest absolute Gasteiger partial charge is 0.394 e. The molecule has 0 aromatic heterocycles. The topological polar surface area (TPSA) is 110 Å². The molecule has 6 heteroatoms. The Morgan fingerprint density at radius 2 is 0.600 bits per heavy atom. The average Bonchev–Trinajstić information content (AvgIpc) is 3.36. The monoisotopic (exact) mass is 986 g/mol. The first kappa shape index (κ1) is 68.5. The Morgan fingerprint density at radius 3 is 0.900 bits per heavy atom. The van der Waals surface area contributed by atoms with Crippen molar-refractivity contribution in [2.45, 2.75) is 359 Å². The SMILES string of the molecule is CCCCCCCCC/C=C/CC/C=C/CC/C=C/CCCC(O)C(O)C(CO)NC(=O)C(O)CCCCCCCCCCCCCCCCCCCCCCCCCCCCCCCCCCCC. The third-order valence-electron chi connectivity index (χ3n) is 14.8. The minimum absolute atomic E-state index is 0.362. The van der Waals surface area contributed by atoms with Crippen molar-refractivity contribution in [3.8, 4) is 0 Å². The fraction of sp³-hybridized carbons (Fsp3) is 0.891. The predicted octanol–water partition coefficient (Wildman–Crippen LogP) is 18.8. The molecule has 0 aliphatic carbocycles. The van der Waals surface area contributed by atoms with Crippen LogP contribution in [0, 0.1) is 0 Å². The lowest BCUT2D eigenvalue weighted by molar-refractivity contribution is -0.132. The second-order valence-corrected chi connectivity index (χ2v) is 21.7. The second-order valence-electron chi connectivity index (χ2n) is 21.7. The predicted molar refractivity (Wildman–Crippen MR) is 307 cm³/mol. The Morgan fingerprint density at radius 1 is 0.343 bits per heavy atom. The van der Waals surface area contributed by atoms with E-state index >= 15 is 0 Å². The van der Waals surface area contributed by atoms with E-state index in [0.29, 0.717) is 19.3 Å². The fourth-order valence-electron chi connectivity index (χ4n) is 9.91. The molecule has 414 valence electrons. The summed E-state index contributed by atoms with van der Waals surface area (Å²) in [5, 5.41) is 44.0. The molecule has 0 aliphatic rings. The molecule has 5 N–H and O–H groups in total. The Kier molecular flexibility index (Phi) is 57.2. The Labute approximate surface area is 437 Å². The van der Waals surface area contributed by atoms with E-state index in [-0.39, 0.29) is 0 Å². The highest BCUT2D eigenvalue weighted by Crippen LogP contribution is 2.18. The van der Waals surface area contributed by atoms with Crippen molar-refractivity contribution in [3.05, 3.63) is 36.5 Å². The first-order valence-electron chi connectivity index (χ1n) is 31.4. The number of carbonyl (C=O) groups excluding carboxylic acids is 1. The molecule has 0 bridgehead atoms. The number of rotatable bonds is 58. The van der Waals surface area contributed by atoms with Crippen LogP contribution >= 0.6 is 0 Å². The minimum atomic E-state index is -1.29. The van der Waals surface area contributed by atoms with Gasteiger partial charge in [0.15, 0.2) is 0 Å². The first-order chi connectivity index (χ1) is 34.5. The van der Waals surface area contributed by atoms with E-state index in [1.807, 2.05) is 0 Å². The smallest absolute Gasteiger partial charge is 0.249 e. The molecule has 0 aromatic carbocycles. The lowest BCUT2D eigenvalue weighted by atomic mass is 10.00. The highest BCUT2D eigenvalue weighted by atomic mass is 16.3. The van der Waals surface area contributed by atoms with Gasteiger partial charge in [0, 0.05) is 0 Å². The van der Waals surface area contributed by atoms with Gasteiger partial charge < -0.3 is 25.7 Å². The maximum atomic E-state index is 12.6. The van der Waals surface area contributed by atoms with Crippen LogP contribution in [0.15, 0.2) is 36.5 Å². The Bertz CT molecular complexity index is 1110. The molecule has 0 rings (SSSR count). The van der Waals surface area contributed by atoms with E-state index in [1.54, 1.807) is 0 Å². The molecule has 0 aliphatic heterocycles. The molecule has 0 radical (unpaired) electrons. The summed E-state index contributed by atoms with van der Waals surface area (Å²) in [6, 6.07) is -1.01. The van der Waals surface area contributed by atoms with Gasteiger partial charge in [-0.1, -0.05) is 307 Å². The van der Waals surface area contributed by atoms with Crippen LogP contribution in [0.5, 0.6) is 0 Å². The summed E-state index contributed by atoms with van der Waals surface area (Å²) in [6.07, 6.45) is 73.9. The zero-order valence-corrected chi connectivity index (χ0v) is 47.0. The van der Waals surface area contributed by atoms with E-state index in [9.17, 15) is 25.2 Å². The summed E-state index contributed by atoms with van der Waals surface area (Å²) in [5.41, 5.74) is 0. The number of hydrogen-bond acceptors (Lipinski definition) is 5. The molecule has 70 heavy (non-hydrogen) atoms. The van der Waals surface area contributed by atoms with Gasteiger partial charge in [-0.25, -0.2) is 0 Å². The zero-order valence-electron chi connectivity index (χ0n) is 47.0. The molecular formula is C64H123NO5. The van der Waals surface area contributed by atoms with Gasteiger partial charge in [0.05, 0.1) is 18.8 Å². The lowest BCUT2D eigenvalue weighted by Gasteiger charge is -2.27. The third-order valence-corrected chi connectivity index (χ3v) is 14.8. The van der Waals surface area contributed by atoms with Crippen LogP contribution in [0.4, 0.5) is 0 Å². The maximum Gasteiger partial charge on any atom is 0.249 e. The van der Waals surface area contributed by atoms with Crippen LogP contribution in [0.25, 0.3) is 0 Å². The fourth-order valence-corrected chi connectivity index (χ4v) is 9.91. The molecule has 1 amide bonds. The van der Waals surface area contributed by atoms with E-state index in [1.165, 1.54) is 250 Å². The molecule has 4 unspecified atom stereocenters. The van der Waals surface area contributed by atoms with E-state index < -0.39 is 36.9 Å². The van der Waals surface area contributed by atoms with Crippen LogP contribution in [-0.4, -0.2) is 57.3 Å². The lowest BCUT2D eigenvalue weighted by Crippen LogP contribution is -2.53. The highest BCUT2D eigenvalue weighted by molar-refractivity contribution is 5.80. The van der Waals surface area contributed by atoms with Crippen molar-refractivity contribution in [2.24, 2.45) is 0 Å². The molecule has 0 saturated heterocycles. The van der Waals surface area contributed by atoms with Crippen LogP contribution in [0.2, 0.25) is 0 Å². The average molecular weight is 987 g/mol. The minimum Gasteiger partial charge on any atom is -0.394 e. The molecule has 0 aromatic rings. The van der Waals surface area contributed by atoms with Gasteiger partial charge in [-0.15, -0.1) is 0 Å². The van der Waals surface area contributed by atoms with Crippen molar-refractivity contribution in [1.29, 1.82) is 0 Å². The van der Waals surface area contributed by atoms with Gasteiger partial charge >= 0.3 is 0 Å². The first-order valence-corrected chi connectivity index (χ1v) is 31.4. The van der Waals surface area contributed by atoms with Gasteiger partial charge in [0.25, 0.3) is 0 Å². The Balaban J connectivity index is 3.58. The standard InChI is InChI=1S/C64H123NO5/c1-3-5-7-9-11-13-15-17-19-21-23-25-26-27-28-29-30-31-32-33-34-35-36-37-38-40-42-44-46-48-50-52-54-56-58-62(68)64(70)65-60(59-66)63(69)61(67)57-55-53-51-49-47-45-43-41-39-24-22-20-18-16-14-12-10-8-6-4-2/h20,22,41,43,49,51,60-63,66-69H,3-19,21,23-40,42,44-48,50,52-59H2,1-2H3,(H,65,70)/b22-20+,43-41+,51-49+. The summed E-state index contributed by atoms with van der Waals surface area (Å²) in [6.45, 7) is 4.07. The molecule has 0 saturated carbocycles. The number of amides is 1. The summed E-state index contributed by atoms with van der Waals surface area (Å²) < 4.78 is 0. The number of unbranched alkanes of at least 4 members (excludes halogenated alkanes) is 43. The van der Waals surface area contributed by atoms with Crippen molar-refractivity contribution < 1.29 is 25.2 Å². The molecule has 0 spiro atoms. The summed E-state index contributed by atoms with van der Waals surface area (Å²) in [5.74, 6) is -0.594. The second kappa shape index (κ2) is 58.4. The number of carbonyl (C=O) groups is 1. The summed E-state index contributed by atoms with van der Waals surface area (Å²) in [4.78, 5) is 12.6. The van der Waals surface area contributed by atoms with Crippen LogP contribution in [-0.2, 0) is 4.79 Å². The van der Waals surface area contributed by atoms with Crippen molar-refractivity contribution in [1.82, 2.24) is 5.32 Å². The summed E-state index contributed by atoms with van der Waals surface area (Å²) in [7, 11) is 0. The maximum absolute atomic E-state index is 12.6. The van der Waals surface area contributed by atoms with Crippen LogP contribution < -0.4 is 5.32 Å². The normalized spacial score (nSPS) is 13.9. The number of aliphatic hydroxyl groups is 4. The van der Waals surface area contributed by atoms with Crippen molar-refractivity contribution >= 4 is 5.91 Å². The number of nitrogens with one attached hydrogen (secondary N) is 1. The van der Waals surface area contributed by atoms with Gasteiger partial charge in [-0.3, -0.25) is 4.79 Å². The van der Waals surface area contributed by atoms with E-state index in [2.05, 4.69) is 55.6 Å². The Hall–Kier alpha value is -1.47. The zero-order chi connectivity index (χ0) is 50.9. The van der Waals surface area contributed by atoms with Gasteiger partial charge in [-0.05, 0) is 64.2 Å². The van der Waals surface area contributed by atoms with Gasteiger partial charge in [-0.2, -0.15) is 0 Å².